The van der Waals surface area contributed by atoms with Crippen LogP contribution < -0.4 is 10.1 Å². The van der Waals surface area contributed by atoms with Crippen LogP contribution in [0, 0.1) is 19.8 Å². The van der Waals surface area contributed by atoms with Crippen LogP contribution in [-0.2, 0) is 17.6 Å². The van der Waals surface area contributed by atoms with E-state index in [-0.39, 0.29) is 13.2 Å². The van der Waals surface area contributed by atoms with Gasteiger partial charge in [-0.25, -0.2) is 0 Å². The fraction of sp³-hybridized carbons (Fsp3) is 0.462. The van der Waals surface area contributed by atoms with Crippen LogP contribution in [0.3, 0.4) is 0 Å². The summed E-state index contributed by atoms with van der Waals surface area (Å²) in [5, 5.41) is 31.9. The fourth-order valence-corrected chi connectivity index (χ4v) is 4.62. The van der Waals surface area contributed by atoms with Gasteiger partial charge in [-0.15, -0.1) is 10.2 Å². The third-order valence-corrected chi connectivity index (χ3v) is 6.40. The molecule has 3 aromatic rings. The normalized spacial score (nSPS) is 12.1. The van der Waals surface area contributed by atoms with Gasteiger partial charge in [0.2, 0.25) is 5.91 Å². The van der Waals surface area contributed by atoms with Gasteiger partial charge in [-0.05, 0) is 68.0 Å². The Kier molecular flexibility index (Phi) is 9.31. The molecule has 188 valence electrons. The van der Waals surface area contributed by atoms with Crippen molar-refractivity contribution >= 4 is 17.2 Å². The van der Waals surface area contributed by atoms with Crippen LogP contribution in [0.5, 0.6) is 5.75 Å². The number of benzene rings is 1. The molecule has 1 amide bonds. The number of aryl methyl sites for hydroxylation is 3. The maximum atomic E-state index is 11.2. The van der Waals surface area contributed by atoms with Gasteiger partial charge in [-0.1, -0.05) is 32.1 Å². The van der Waals surface area contributed by atoms with E-state index in [4.69, 9.17) is 9.84 Å². The Labute approximate surface area is 210 Å². The highest BCUT2D eigenvalue weighted by Crippen LogP contribution is 2.35. The van der Waals surface area contributed by atoms with Crippen molar-refractivity contribution in [3.05, 3.63) is 46.8 Å². The molecule has 0 radical (unpaired) electrons. The number of nitrogens with zero attached hydrogens (tertiary/aromatic N) is 3. The summed E-state index contributed by atoms with van der Waals surface area (Å²) in [6.07, 6.45) is 0.780. The van der Waals surface area contributed by atoms with E-state index < -0.39 is 18.6 Å². The first-order valence-electron chi connectivity index (χ1n) is 11.8. The molecule has 8 nitrogen and oxygen atoms in total. The van der Waals surface area contributed by atoms with Crippen molar-refractivity contribution in [3.8, 4) is 26.9 Å². The topological polar surface area (TPSA) is 117 Å². The summed E-state index contributed by atoms with van der Waals surface area (Å²) < 4.78 is 5.91. The number of aliphatic hydroxyl groups excluding tert-OH is 2. The molecule has 3 rings (SSSR count). The highest BCUT2D eigenvalue weighted by atomic mass is 32.1. The zero-order valence-electron chi connectivity index (χ0n) is 21.0. The number of ether oxygens (including phenoxy) is 1. The maximum Gasteiger partial charge on any atom is 0.245 e. The van der Waals surface area contributed by atoms with Gasteiger partial charge < -0.3 is 20.3 Å². The van der Waals surface area contributed by atoms with E-state index in [1.165, 1.54) is 0 Å². The predicted molar refractivity (Wildman–Crippen MR) is 138 cm³/mol. The maximum absolute atomic E-state index is 11.2. The number of pyridine rings is 1. The molecule has 0 bridgehead atoms. The molecule has 0 aliphatic carbocycles. The van der Waals surface area contributed by atoms with E-state index in [9.17, 15) is 9.90 Å². The average Bonchev–Trinajstić information content (AvgIpc) is 3.31. The zero-order valence-corrected chi connectivity index (χ0v) is 21.8. The number of rotatable bonds is 11. The van der Waals surface area contributed by atoms with Gasteiger partial charge in [0, 0.05) is 29.1 Å². The van der Waals surface area contributed by atoms with Crippen LogP contribution in [0.4, 0.5) is 0 Å². The van der Waals surface area contributed by atoms with Crippen molar-refractivity contribution in [2.75, 3.05) is 19.8 Å². The van der Waals surface area contributed by atoms with E-state index in [2.05, 4.69) is 46.5 Å². The first-order chi connectivity index (χ1) is 16.7. The third-order valence-electron chi connectivity index (χ3n) is 5.37. The average molecular weight is 499 g/mol. The Balaban J connectivity index is 1.79. The summed E-state index contributed by atoms with van der Waals surface area (Å²) in [4.78, 5) is 15.8. The summed E-state index contributed by atoms with van der Waals surface area (Å²) in [5.41, 5.74) is 5.98. The summed E-state index contributed by atoms with van der Waals surface area (Å²) in [6.45, 7) is 9.81. The first-order valence-corrected chi connectivity index (χ1v) is 12.7. The molecule has 1 atom stereocenters. The number of carbonyl (C=O) groups is 1. The Hall–Kier alpha value is -2.88. The van der Waals surface area contributed by atoms with E-state index in [1.807, 2.05) is 32.9 Å². The molecule has 9 heteroatoms. The van der Waals surface area contributed by atoms with Crippen LogP contribution >= 0.6 is 11.3 Å². The molecular weight excluding hydrogens is 464 g/mol. The largest absolute Gasteiger partial charge is 0.490 e. The quantitative estimate of drug-likeness (QED) is 0.370. The lowest BCUT2D eigenvalue weighted by atomic mass is 10.0. The van der Waals surface area contributed by atoms with Gasteiger partial charge in [0.1, 0.15) is 35.1 Å². The van der Waals surface area contributed by atoms with Crippen LogP contribution in [0.1, 0.15) is 43.3 Å². The molecule has 0 fully saturated rings. The molecule has 3 N–H and O–H groups in total. The number of hydrogen-bond acceptors (Lipinski definition) is 8. The molecule has 1 unspecified atom stereocenters. The first kappa shape index (κ1) is 26.7. The number of aromatic nitrogens is 3. The molecule has 0 spiro atoms. The third kappa shape index (κ3) is 7.30. The molecule has 2 heterocycles. The molecular formula is C26H34N4O4S. The lowest BCUT2D eigenvalue weighted by molar-refractivity contribution is -0.124. The molecule has 1 aromatic carbocycles. The summed E-state index contributed by atoms with van der Waals surface area (Å²) >= 11 is 1.55. The summed E-state index contributed by atoms with van der Waals surface area (Å²) in [7, 11) is 0. The molecule has 2 aromatic heterocycles. The second-order valence-corrected chi connectivity index (χ2v) is 10.0. The predicted octanol–water partition coefficient (Wildman–Crippen LogP) is 3.49. The highest BCUT2D eigenvalue weighted by Gasteiger charge is 2.16. The minimum absolute atomic E-state index is 0.0128. The van der Waals surface area contributed by atoms with Crippen molar-refractivity contribution in [2.24, 2.45) is 5.92 Å². The number of amides is 1. The van der Waals surface area contributed by atoms with E-state index in [1.54, 1.807) is 11.3 Å². The number of hydrogen-bond donors (Lipinski definition) is 3. The monoisotopic (exact) mass is 498 g/mol. The van der Waals surface area contributed by atoms with Crippen LogP contribution in [-0.4, -0.2) is 57.2 Å². The number of aliphatic hydroxyl groups is 2. The number of carbonyl (C=O) groups excluding carboxylic acids is 1. The van der Waals surface area contributed by atoms with E-state index >= 15 is 0 Å². The lowest BCUT2D eigenvalue weighted by Crippen LogP contribution is -2.36. The van der Waals surface area contributed by atoms with Gasteiger partial charge in [-0.3, -0.25) is 9.78 Å². The van der Waals surface area contributed by atoms with Crippen LogP contribution in [0.15, 0.2) is 24.3 Å². The van der Waals surface area contributed by atoms with Crippen molar-refractivity contribution in [2.45, 2.75) is 53.6 Å². The second-order valence-electron chi connectivity index (χ2n) is 9.06. The van der Waals surface area contributed by atoms with Gasteiger partial charge in [0.15, 0.2) is 0 Å². The Morgan fingerprint density at radius 3 is 2.43 bits per heavy atom. The van der Waals surface area contributed by atoms with E-state index in [0.29, 0.717) is 5.92 Å². The Bertz CT molecular complexity index is 1160. The fourth-order valence-electron chi connectivity index (χ4n) is 3.81. The van der Waals surface area contributed by atoms with Crippen LogP contribution in [0.2, 0.25) is 0 Å². The van der Waals surface area contributed by atoms with Crippen LogP contribution in [0.25, 0.3) is 21.1 Å². The van der Waals surface area contributed by atoms with Gasteiger partial charge in [-0.2, -0.15) is 0 Å². The summed E-state index contributed by atoms with van der Waals surface area (Å²) in [5.74, 6) is 0.712. The number of nitrogens with one attached hydrogen (secondary N) is 1. The van der Waals surface area contributed by atoms with Crippen molar-refractivity contribution in [1.82, 2.24) is 20.5 Å². The minimum Gasteiger partial charge on any atom is -0.490 e. The van der Waals surface area contributed by atoms with Crippen molar-refractivity contribution in [1.29, 1.82) is 0 Å². The molecule has 35 heavy (non-hydrogen) atoms. The van der Waals surface area contributed by atoms with E-state index in [0.717, 1.165) is 62.2 Å². The zero-order chi connectivity index (χ0) is 25.5. The highest BCUT2D eigenvalue weighted by molar-refractivity contribution is 7.17. The van der Waals surface area contributed by atoms with Crippen molar-refractivity contribution < 1.29 is 19.7 Å². The molecule has 0 aliphatic heterocycles. The van der Waals surface area contributed by atoms with Gasteiger partial charge in [0.25, 0.3) is 0 Å². The minimum atomic E-state index is -0.885. The molecule has 0 saturated carbocycles. The smallest absolute Gasteiger partial charge is 0.245 e. The second kappa shape index (κ2) is 12.2. The SMILES string of the molecule is CCc1cc(-c2nnc(-c3cc(C)nc(CC(C)C)c3)s2)cc(C)c1OCC(O)CNC(=O)CO. The summed E-state index contributed by atoms with van der Waals surface area (Å²) in [6, 6.07) is 8.21. The molecule has 0 aliphatic rings. The van der Waals surface area contributed by atoms with Gasteiger partial charge in [0.05, 0.1) is 0 Å². The van der Waals surface area contributed by atoms with Gasteiger partial charge >= 0.3 is 0 Å². The lowest BCUT2D eigenvalue weighted by Gasteiger charge is -2.17. The standard InChI is InChI=1S/C26H34N4O4S/c1-6-18-10-19(8-16(4)24(18)34-14-22(32)12-27-23(33)13-31)25-29-30-26(35-25)20-9-17(5)28-21(11-20)7-15(2)3/h8-11,15,22,31-32H,6-7,12-14H2,1-5H3,(H,27,33). The Morgan fingerprint density at radius 2 is 1.80 bits per heavy atom. The van der Waals surface area contributed by atoms with Crippen molar-refractivity contribution in [3.63, 3.8) is 0 Å². The Morgan fingerprint density at radius 1 is 1.11 bits per heavy atom. The molecule has 0 saturated heterocycles.